The van der Waals surface area contributed by atoms with Crippen LogP contribution in [0.5, 0.6) is 0 Å². The van der Waals surface area contributed by atoms with Gasteiger partial charge in [-0.25, -0.2) is 4.39 Å². The van der Waals surface area contributed by atoms with Crippen LogP contribution in [0, 0.1) is 11.7 Å². The number of amides is 3. The van der Waals surface area contributed by atoms with Crippen molar-refractivity contribution in [1.29, 1.82) is 0 Å². The minimum absolute atomic E-state index is 0.0631. The van der Waals surface area contributed by atoms with Gasteiger partial charge >= 0.3 is 5.97 Å². The summed E-state index contributed by atoms with van der Waals surface area (Å²) in [6.07, 6.45) is 4.49. The van der Waals surface area contributed by atoms with E-state index in [1.165, 1.54) is 21.9 Å². The molecule has 218 valence electrons. The second-order valence-electron chi connectivity index (χ2n) is 10.6. The Balaban J connectivity index is 1.31. The standard InChI is InChI=1S/C31H30BrFN4O5/c1-18-30(40)36(2)27-14-22(21-5-7-34-8-6-21)3-4-26(27)31(41)37(18)17-20-9-23(13-24(33)10-20)29(39)35-16-19-11-25(12-19)42-28(38)15-32/h3-10,13-14,18-19,25H,11-12,15-17H2,1-2H3,(H,35,39)/t18-,19?,25?/m1/s1. The first kappa shape index (κ1) is 29.4. The zero-order valence-corrected chi connectivity index (χ0v) is 24.8. The van der Waals surface area contributed by atoms with Crippen LogP contribution in [0.3, 0.4) is 0 Å². The van der Waals surface area contributed by atoms with Gasteiger partial charge in [-0.15, -0.1) is 0 Å². The fourth-order valence-corrected chi connectivity index (χ4v) is 5.48. The van der Waals surface area contributed by atoms with E-state index in [2.05, 4.69) is 26.2 Å². The van der Waals surface area contributed by atoms with Crippen molar-refractivity contribution in [2.75, 3.05) is 23.8 Å². The van der Waals surface area contributed by atoms with Crippen LogP contribution < -0.4 is 10.2 Å². The average Bonchev–Trinajstić information content (AvgIpc) is 3.04. The molecule has 3 amide bonds. The van der Waals surface area contributed by atoms with Gasteiger partial charge in [0, 0.05) is 38.1 Å². The van der Waals surface area contributed by atoms with Gasteiger partial charge in [0.15, 0.2) is 0 Å². The highest BCUT2D eigenvalue weighted by molar-refractivity contribution is 9.09. The maximum absolute atomic E-state index is 14.7. The number of pyridine rings is 1. The Labute approximate surface area is 251 Å². The summed E-state index contributed by atoms with van der Waals surface area (Å²) in [6.45, 7) is 1.95. The van der Waals surface area contributed by atoms with Gasteiger partial charge in [0.1, 0.15) is 23.3 Å². The molecule has 0 spiro atoms. The van der Waals surface area contributed by atoms with Crippen molar-refractivity contribution in [3.63, 3.8) is 0 Å². The lowest BCUT2D eigenvalue weighted by Gasteiger charge is -2.34. The Hall–Kier alpha value is -4.12. The number of hydrogen-bond donors (Lipinski definition) is 1. The van der Waals surface area contributed by atoms with Crippen molar-refractivity contribution >= 4 is 45.3 Å². The number of halogens is 2. The van der Waals surface area contributed by atoms with E-state index in [0.29, 0.717) is 36.2 Å². The van der Waals surface area contributed by atoms with E-state index in [0.717, 1.165) is 17.2 Å². The molecule has 2 aromatic carbocycles. The molecule has 2 aliphatic rings. The van der Waals surface area contributed by atoms with Gasteiger partial charge in [-0.05, 0) is 84.8 Å². The van der Waals surface area contributed by atoms with E-state index < -0.39 is 17.8 Å². The van der Waals surface area contributed by atoms with E-state index in [1.54, 1.807) is 38.5 Å². The second-order valence-corrected chi connectivity index (χ2v) is 11.2. The lowest BCUT2D eigenvalue weighted by atomic mass is 9.82. The molecule has 1 saturated carbocycles. The fourth-order valence-electron chi connectivity index (χ4n) is 5.35. The highest BCUT2D eigenvalue weighted by atomic mass is 79.9. The maximum Gasteiger partial charge on any atom is 0.316 e. The zero-order chi connectivity index (χ0) is 30.0. The number of aromatic nitrogens is 1. The molecule has 0 radical (unpaired) electrons. The van der Waals surface area contributed by atoms with Crippen LogP contribution in [0.1, 0.15) is 46.0 Å². The summed E-state index contributed by atoms with van der Waals surface area (Å²) in [5.41, 5.74) is 3.07. The fraction of sp³-hybridized carbons (Fsp3) is 0.323. The summed E-state index contributed by atoms with van der Waals surface area (Å²) in [5.74, 6) is -1.89. The maximum atomic E-state index is 14.7. The Bertz CT molecular complexity index is 1530. The largest absolute Gasteiger partial charge is 0.462 e. The van der Waals surface area contributed by atoms with Crippen molar-refractivity contribution in [2.24, 2.45) is 5.92 Å². The molecule has 1 atom stereocenters. The van der Waals surface area contributed by atoms with Crippen molar-refractivity contribution in [2.45, 2.75) is 38.5 Å². The first-order valence-corrected chi connectivity index (χ1v) is 14.7. The number of alkyl halides is 1. The predicted octanol–water partition coefficient (Wildman–Crippen LogP) is 4.34. The molecule has 1 aromatic heterocycles. The number of esters is 1. The van der Waals surface area contributed by atoms with Crippen LogP contribution in [0.15, 0.2) is 60.9 Å². The van der Waals surface area contributed by atoms with E-state index in [4.69, 9.17) is 4.74 Å². The van der Waals surface area contributed by atoms with Crippen LogP contribution >= 0.6 is 15.9 Å². The number of hydrogen-bond acceptors (Lipinski definition) is 6. The minimum Gasteiger partial charge on any atom is -0.462 e. The summed E-state index contributed by atoms with van der Waals surface area (Å²) >= 11 is 3.06. The van der Waals surface area contributed by atoms with Gasteiger partial charge in [0.05, 0.1) is 11.3 Å². The van der Waals surface area contributed by atoms with Crippen LogP contribution in [-0.2, 0) is 20.9 Å². The third-order valence-corrected chi connectivity index (χ3v) is 8.20. The van der Waals surface area contributed by atoms with Crippen molar-refractivity contribution in [3.05, 3.63) is 83.4 Å². The molecule has 1 aliphatic carbocycles. The number of carbonyl (C=O) groups is 4. The summed E-state index contributed by atoms with van der Waals surface area (Å²) in [5, 5.41) is 2.96. The average molecular weight is 638 g/mol. The predicted molar refractivity (Wildman–Crippen MR) is 158 cm³/mol. The first-order chi connectivity index (χ1) is 20.1. The molecule has 9 nitrogen and oxygen atoms in total. The molecule has 0 unspecified atom stereocenters. The lowest BCUT2D eigenvalue weighted by molar-refractivity contribution is -0.152. The molecular weight excluding hydrogens is 607 g/mol. The molecule has 5 rings (SSSR count). The Morgan fingerprint density at radius 2 is 1.81 bits per heavy atom. The Kier molecular flexibility index (Phi) is 8.67. The number of likely N-dealkylation sites (N-methyl/N-ethyl adjacent to an activating group) is 1. The van der Waals surface area contributed by atoms with Crippen LogP contribution in [0.25, 0.3) is 11.1 Å². The number of benzene rings is 2. The second kappa shape index (κ2) is 12.4. The highest BCUT2D eigenvalue weighted by Gasteiger charge is 2.36. The number of nitrogens with zero attached hydrogens (tertiary/aromatic N) is 3. The smallest absolute Gasteiger partial charge is 0.316 e. The van der Waals surface area contributed by atoms with E-state index in [9.17, 15) is 23.6 Å². The van der Waals surface area contributed by atoms with E-state index in [1.807, 2.05) is 18.2 Å². The molecule has 1 N–H and O–H groups in total. The number of fused-ring (bicyclic) bond motifs is 1. The van der Waals surface area contributed by atoms with E-state index >= 15 is 0 Å². The molecule has 1 fully saturated rings. The summed E-state index contributed by atoms with van der Waals surface area (Å²) < 4.78 is 19.9. The number of carbonyl (C=O) groups excluding carboxylic acids is 4. The molecule has 0 bridgehead atoms. The van der Waals surface area contributed by atoms with Crippen LogP contribution in [0.2, 0.25) is 0 Å². The van der Waals surface area contributed by atoms with E-state index in [-0.39, 0.29) is 47.2 Å². The third kappa shape index (κ3) is 6.20. The summed E-state index contributed by atoms with van der Waals surface area (Å²) in [4.78, 5) is 58.3. The minimum atomic E-state index is -0.829. The Morgan fingerprint density at radius 3 is 2.52 bits per heavy atom. The molecule has 42 heavy (non-hydrogen) atoms. The van der Waals surface area contributed by atoms with Crippen molar-refractivity contribution in [3.8, 4) is 11.1 Å². The zero-order valence-electron chi connectivity index (χ0n) is 23.2. The van der Waals surface area contributed by atoms with Gasteiger partial charge in [-0.2, -0.15) is 0 Å². The quantitative estimate of drug-likeness (QED) is 0.291. The first-order valence-electron chi connectivity index (χ1n) is 13.6. The van der Waals surface area contributed by atoms with Crippen molar-refractivity contribution in [1.82, 2.24) is 15.2 Å². The molecule has 3 aromatic rings. The third-order valence-electron chi connectivity index (χ3n) is 7.74. The topological polar surface area (TPSA) is 109 Å². The number of anilines is 1. The van der Waals surface area contributed by atoms with Crippen LogP contribution in [-0.4, -0.2) is 64.6 Å². The SMILES string of the molecule is C[C@@H]1C(=O)N(C)c2cc(-c3ccncc3)ccc2C(=O)N1Cc1cc(F)cc(C(=O)NCC2CC(OC(=O)CBr)C2)c1. The molecule has 1 aliphatic heterocycles. The van der Waals surface area contributed by atoms with Crippen molar-refractivity contribution < 1.29 is 28.3 Å². The van der Waals surface area contributed by atoms with Gasteiger partial charge in [0.25, 0.3) is 11.8 Å². The number of rotatable bonds is 8. The molecular formula is C31H30BrFN4O5. The van der Waals surface area contributed by atoms with Gasteiger partial charge in [0.2, 0.25) is 5.91 Å². The van der Waals surface area contributed by atoms with Gasteiger partial charge in [-0.1, -0.05) is 22.0 Å². The normalized spacial score (nSPS) is 20.0. The van der Waals surface area contributed by atoms with Gasteiger partial charge in [-0.3, -0.25) is 24.2 Å². The lowest BCUT2D eigenvalue weighted by Crippen LogP contribution is -2.45. The molecule has 0 saturated heterocycles. The highest BCUT2D eigenvalue weighted by Crippen LogP contribution is 2.33. The monoisotopic (exact) mass is 636 g/mol. The summed E-state index contributed by atoms with van der Waals surface area (Å²) in [7, 11) is 1.63. The number of nitrogens with one attached hydrogen (secondary N) is 1. The molecule has 11 heteroatoms. The van der Waals surface area contributed by atoms with Crippen LogP contribution in [0.4, 0.5) is 10.1 Å². The summed E-state index contributed by atoms with van der Waals surface area (Å²) in [6, 6.07) is 12.1. The molecule has 2 heterocycles. The number of ether oxygens (including phenoxy) is 1. The van der Waals surface area contributed by atoms with Gasteiger partial charge < -0.3 is 19.9 Å². The Morgan fingerprint density at radius 1 is 1.07 bits per heavy atom.